The second-order valence-corrected chi connectivity index (χ2v) is 3.56. The van der Waals surface area contributed by atoms with Gasteiger partial charge >= 0.3 is 0 Å². The summed E-state index contributed by atoms with van der Waals surface area (Å²) in [5.74, 6) is 0. The lowest BCUT2D eigenvalue weighted by atomic mass is 10.0. The molecule has 0 saturated heterocycles. The molecule has 0 spiro atoms. The lowest BCUT2D eigenvalue weighted by Gasteiger charge is -2.12. The molecular weight excluding hydrogens is 182 g/mol. The molecule has 1 aromatic rings. The Morgan fingerprint density at radius 3 is 2.92 bits per heavy atom. The minimum absolute atomic E-state index is 0.806. The molecule has 0 unspecified atom stereocenters. The molecule has 1 aliphatic rings. The molecule has 0 bridgehead atoms. The normalized spacial score (nSPS) is 16.8. The molecule has 1 aliphatic heterocycles. The van der Waals surface area contributed by atoms with Crippen molar-refractivity contribution in [2.75, 3.05) is 13.1 Å². The summed E-state index contributed by atoms with van der Waals surface area (Å²) < 4.78 is 0. The van der Waals surface area contributed by atoms with Crippen LogP contribution in [0, 0.1) is 0 Å². The summed E-state index contributed by atoms with van der Waals surface area (Å²) >= 11 is 5.91. The van der Waals surface area contributed by atoms with Crippen molar-refractivity contribution >= 4 is 17.2 Å². The summed E-state index contributed by atoms with van der Waals surface area (Å²) in [6, 6.07) is 8.00. The fourth-order valence-electron chi connectivity index (χ4n) is 1.52. The summed E-state index contributed by atoms with van der Waals surface area (Å²) in [5.41, 5.74) is 2.61. The number of hydrogen-bond acceptors (Lipinski definition) is 0. The van der Waals surface area contributed by atoms with E-state index in [0.717, 1.165) is 24.5 Å². The Bertz CT molecular complexity index is 331. The van der Waals surface area contributed by atoms with Crippen LogP contribution in [0.15, 0.2) is 30.3 Å². The molecule has 2 rings (SSSR count). The van der Waals surface area contributed by atoms with Crippen LogP contribution in [0.25, 0.3) is 5.57 Å². The van der Waals surface area contributed by atoms with E-state index in [1.807, 2.05) is 18.2 Å². The van der Waals surface area contributed by atoms with Crippen molar-refractivity contribution in [3.05, 3.63) is 40.9 Å². The van der Waals surface area contributed by atoms with Crippen LogP contribution >= 0.6 is 11.6 Å². The predicted octanol–water partition coefficient (Wildman–Crippen LogP) is 2.73. The molecule has 2 heteroatoms. The third kappa shape index (κ3) is 2.11. The van der Waals surface area contributed by atoms with Gasteiger partial charge in [0.25, 0.3) is 0 Å². The Morgan fingerprint density at radius 2 is 2.23 bits per heavy atom. The molecular formula is C11H11ClN. The maximum Gasteiger partial charge on any atom is 0.0412 e. The van der Waals surface area contributed by atoms with Crippen LogP contribution < -0.4 is 5.32 Å². The van der Waals surface area contributed by atoms with Crippen molar-refractivity contribution in [1.82, 2.24) is 5.32 Å². The van der Waals surface area contributed by atoms with Crippen molar-refractivity contribution in [2.24, 2.45) is 0 Å². The van der Waals surface area contributed by atoms with Gasteiger partial charge in [-0.2, -0.15) is 0 Å². The molecule has 0 atom stereocenters. The summed E-state index contributed by atoms with van der Waals surface area (Å²) in [6.45, 7) is 1.79. The van der Waals surface area contributed by atoms with Gasteiger partial charge in [0.15, 0.2) is 0 Å². The van der Waals surface area contributed by atoms with E-state index in [-0.39, 0.29) is 0 Å². The molecule has 1 heterocycles. The maximum atomic E-state index is 5.91. The first kappa shape index (κ1) is 8.79. The van der Waals surface area contributed by atoms with Crippen LogP contribution in [0.1, 0.15) is 12.0 Å². The minimum Gasteiger partial charge on any atom is -0.237 e. The monoisotopic (exact) mass is 192 g/mol. The number of rotatable bonds is 1. The Hall–Kier alpha value is -0.790. The maximum absolute atomic E-state index is 5.91. The highest BCUT2D eigenvalue weighted by molar-refractivity contribution is 6.30. The summed E-state index contributed by atoms with van der Waals surface area (Å²) in [5, 5.41) is 5.07. The van der Waals surface area contributed by atoms with Gasteiger partial charge in [-0.3, -0.25) is 0 Å². The molecule has 0 aliphatic carbocycles. The number of benzene rings is 1. The zero-order valence-corrected chi connectivity index (χ0v) is 8.09. The highest BCUT2D eigenvalue weighted by atomic mass is 35.5. The van der Waals surface area contributed by atoms with Gasteiger partial charge in [0.05, 0.1) is 0 Å². The van der Waals surface area contributed by atoms with Crippen LogP contribution in [0.5, 0.6) is 0 Å². The molecule has 0 aromatic heterocycles. The molecule has 0 fully saturated rings. The molecule has 0 amide bonds. The minimum atomic E-state index is 0.806. The van der Waals surface area contributed by atoms with Gasteiger partial charge in [-0.1, -0.05) is 29.8 Å². The van der Waals surface area contributed by atoms with Gasteiger partial charge in [0.2, 0.25) is 0 Å². The quantitative estimate of drug-likeness (QED) is 0.650. The predicted molar refractivity (Wildman–Crippen MR) is 55.9 cm³/mol. The van der Waals surface area contributed by atoms with E-state index in [1.54, 1.807) is 0 Å². The molecule has 67 valence electrons. The van der Waals surface area contributed by atoms with E-state index in [1.165, 1.54) is 11.1 Å². The topological polar surface area (TPSA) is 14.1 Å². The van der Waals surface area contributed by atoms with Crippen LogP contribution in [0.3, 0.4) is 0 Å². The van der Waals surface area contributed by atoms with E-state index in [0.29, 0.717) is 0 Å². The van der Waals surface area contributed by atoms with Crippen molar-refractivity contribution in [3.63, 3.8) is 0 Å². The highest BCUT2D eigenvalue weighted by Crippen LogP contribution is 2.22. The molecule has 13 heavy (non-hydrogen) atoms. The third-order valence-electron chi connectivity index (χ3n) is 2.20. The van der Waals surface area contributed by atoms with E-state index >= 15 is 0 Å². The number of halogens is 1. The Morgan fingerprint density at radius 1 is 1.31 bits per heavy atom. The van der Waals surface area contributed by atoms with E-state index in [9.17, 15) is 0 Å². The largest absolute Gasteiger partial charge is 0.237 e. The Balaban J connectivity index is 2.29. The fourth-order valence-corrected chi connectivity index (χ4v) is 1.71. The first-order chi connectivity index (χ1) is 6.36. The van der Waals surface area contributed by atoms with Crippen molar-refractivity contribution < 1.29 is 0 Å². The second-order valence-electron chi connectivity index (χ2n) is 3.12. The SMILES string of the molecule is Clc1cccc(C2=CC[N]CC2)c1. The average molecular weight is 193 g/mol. The Kier molecular flexibility index (Phi) is 2.67. The van der Waals surface area contributed by atoms with Gasteiger partial charge in [-0.05, 0) is 29.7 Å². The fraction of sp³-hybridized carbons (Fsp3) is 0.273. The molecule has 1 aromatic carbocycles. The highest BCUT2D eigenvalue weighted by Gasteiger charge is 2.05. The standard InChI is InChI=1S/C11H11ClN/c12-11-3-1-2-10(8-11)9-4-6-13-7-5-9/h1-4,8H,5-7H2. The first-order valence-corrected chi connectivity index (χ1v) is 4.82. The molecule has 1 nitrogen and oxygen atoms in total. The van der Waals surface area contributed by atoms with Crippen LogP contribution in [0.2, 0.25) is 5.02 Å². The average Bonchev–Trinajstić information content (AvgIpc) is 2.19. The van der Waals surface area contributed by atoms with Gasteiger partial charge in [0.1, 0.15) is 0 Å². The third-order valence-corrected chi connectivity index (χ3v) is 2.44. The summed E-state index contributed by atoms with van der Waals surface area (Å²) in [7, 11) is 0. The van der Waals surface area contributed by atoms with Crippen LogP contribution in [-0.2, 0) is 0 Å². The van der Waals surface area contributed by atoms with Gasteiger partial charge in [0, 0.05) is 18.1 Å². The lowest BCUT2D eigenvalue weighted by molar-refractivity contribution is 0.723. The van der Waals surface area contributed by atoms with E-state index < -0.39 is 0 Å². The van der Waals surface area contributed by atoms with Crippen LogP contribution in [-0.4, -0.2) is 13.1 Å². The zero-order valence-electron chi connectivity index (χ0n) is 7.33. The number of hydrogen-bond donors (Lipinski definition) is 0. The van der Waals surface area contributed by atoms with Crippen molar-refractivity contribution in [3.8, 4) is 0 Å². The van der Waals surface area contributed by atoms with Gasteiger partial charge in [-0.25, -0.2) is 5.32 Å². The molecule has 1 radical (unpaired) electrons. The Labute approximate surface area is 83.4 Å². The lowest BCUT2D eigenvalue weighted by Crippen LogP contribution is -2.12. The summed E-state index contributed by atoms with van der Waals surface area (Å²) in [4.78, 5) is 0. The van der Waals surface area contributed by atoms with Crippen molar-refractivity contribution in [1.29, 1.82) is 0 Å². The summed E-state index contributed by atoms with van der Waals surface area (Å²) in [6.07, 6.45) is 3.22. The second kappa shape index (κ2) is 3.95. The number of nitrogens with zero attached hydrogens (tertiary/aromatic N) is 1. The van der Waals surface area contributed by atoms with Crippen molar-refractivity contribution in [2.45, 2.75) is 6.42 Å². The molecule has 0 saturated carbocycles. The van der Waals surface area contributed by atoms with Gasteiger partial charge in [-0.15, -0.1) is 0 Å². The zero-order chi connectivity index (χ0) is 9.10. The first-order valence-electron chi connectivity index (χ1n) is 4.44. The van der Waals surface area contributed by atoms with E-state index in [2.05, 4.69) is 17.5 Å². The smallest absolute Gasteiger partial charge is 0.0412 e. The van der Waals surface area contributed by atoms with Crippen LogP contribution in [0.4, 0.5) is 0 Å². The van der Waals surface area contributed by atoms with E-state index in [4.69, 9.17) is 11.6 Å². The molecule has 0 N–H and O–H groups in total. The van der Waals surface area contributed by atoms with Gasteiger partial charge < -0.3 is 0 Å².